The van der Waals surface area contributed by atoms with Crippen molar-refractivity contribution in [2.75, 3.05) is 0 Å². The Balaban J connectivity index is 3.33. The molecule has 1 aromatic heterocycles. The van der Waals surface area contributed by atoms with Gasteiger partial charge in [-0.3, -0.25) is 4.98 Å². The lowest BCUT2D eigenvalue weighted by Gasteiger charge is -1.93. The minimum atomic E-state index is -0.287. The Kier molecular flexibility index (Phi) is 1.76. The van der Waals surface area contributed by atoms with Gasteiger partial charge in [-0.05, 0) is 19.2 Å². The van der Waals surface area contributed by atoms with E-state index in [-0.39, 0.29) is 5.69 Å². The van der Waals surface area contributed by atoms with Gasteiger partial charge in [0.15, 0.2) is 5.82 Å². The Morgan fingerprint density at radius 3 is 2.55 bits per heavy atom. The highest BCUT2D eigenvalue weighted by molar-refractivity contribution is 5.67. The summed E-state index contributed by atoms with van der Waals surface area (Å²) in [6.07, 6.45) is 0. The van der Waals surface area contributed by atoms with Crippen LogP contribution in [0.4, 0.5) is 5.82 Å². The van der Waals surface area contributed by atoms with Crippen LogP contribution in [0.3, 0.4) is 0 Å². The molecule has 0 spiro atoms. The molecule has 0 aromatic carbocycles. The second-order valence-electron chi connectivity index (χ2n) is 2.24. The van der Waals surface area contributed by atoms with E-state index in [0.29, 0.717) is 11.5 Å². The van der Waals surface area contributed by atoms with Crippen LogP contribution < -0.4 is 5.69 Å². The molecule has 2 N–H and O–H groups in total. The van der Waals surface area contributed by atoms with Crippen molar-refractivity contribution in [3.05, 3.63) is 22.8 Å². The highest BCUT2D eigenvalue weighted by Gasteiger charge is 2.03. The average molecular weight is 151 g/mol. The van der Waals surface area contributed by atoms with Gasteiger partial charge in [0.05, 0.1) is 5.69 Å². The van der Waals surface area contributed by atoms with Gasteiger partial charge in [0.2, 0.25) is 0 Å². The second-order valence-corrected chi connectivity index (χ2v) is 2.24. The van der Waals surface area contributed by atoms with Gasteiger partial charge < -0.3 is 4.98 Å². The normalized spacial score (nSPS) is 9.55. The van der Waals surface area contributed by atoms with Crippen LogP contribution in [0.1, 0.15) is 12.6 Å². The molecule has 0 aliphatic carbocycles. The molecule has 1 aromatic rings. The van der Waals surface area contributed by atoms with E-state index in [9.17, 15) is 4.79 Å². The van der Waals surface area contributed by atoms with Crippen LogP contribution in [-0.4, -0.2) is 16.7 Å². The van der Waals surface area contributed by atoms with Gasteiger partial charge in [0, 0.05) is 0 Å². The number of aromatic amines is 2. The predicted molar refractivity (Wildman–Crippen MR) is 45.3 cm³/mol. The van der Waals surface area contributed by atoms with Crippen molar-refractivity contribution in [1.29, 1.82) is 0 Å². The zero-order chi connectivity index (χ0) is 8.43. The summed E-state index contributed by atoms with van der Waals surface area (Å²) in [7, 11) is 0. The summed E-state index contributed by atoms with van der Waals surface area (Å²) in [5.74, 6) is 0.447. The van der Waals surface area contributed by atoms with Crippen LogP contribution >= 0.6 is 0 Å². The smallest absolute Gasteiger partial charge is 0.304 e. The highest BCUT2D eigenvalue weighted by Crippen LogP contribution is 2.17. The zero-order valence-electron chi connectivity index (χ0n) is 6.27. The number of rotatable bonds is 2. The number of allylic oxidation sites excluding steroid dienone is 1. The molecule has 0 atom stereocenters. The number of aromatic nitrogens is 2. The van der Waals surface area contributed by atoms with Gasteiger partial charge in [-0.25, -0.2) is 9.79 Å². The van der Waals surface area contributed by atoms with Gasteiger partial charge in [-0.1, -0.05) is 6.58 Å². The highest BCUT2D eigenvalue weighted by atomic mass is 16.1. The van der Waals surface area contributed by atoms with Gasteiger partial charge in [-0.2, -0.15) is 0 Å². The Hall–Kier alpha value is -1.58. The molecule has 11 heavy (non-hydrogen) atoms. The van der Waals surface area contributed by atoms with Crippen molar-refractivity contribution >= 4 is 18.1 Å². The fraction of sp³-hybridized carbons (Fsp3) is 0.143. The maximum absolute atomic E-state index is 10.7. The lowest BCUT2D eigenvalue weighted by molar-refractivity contribution is 1.18. The van der Waals surface area contributed by atoms with E-state index >= 15 is 0 Å². The molecule has 4 nitrogen and oxygen atoms in total. The molecule has 0 unspecified atom stereocenters. The van der Waals surface area contributed by atoms with Crippen molar-refractivity contribution in [2.24, 2.45) is 4.99 Å². The lowest BCUT2D eigenvalue weighted by Crippen LogP contribution is -2.00. The molecule has 1 rings (SSSR count). The average Bonchev–Trinajstić information content (AvgIpc) is 2.30. The van der Waals surface area contributed by atoms with Gasteiger partial charge in [0.25, 0.3) is 0 Å². The van der Waals surface area contributed by atoms with E-state index in [1.165, 1.54) is 0 Å². The summed E-state index contributed by atoms with van der Waals surface area (Å²) in [5.41, 5.74) is 1.08. The molecule has 0 saturated carbocycles. The number of hydrogen-bond acceptors (Lipinski definition) is 2. The van der Waals surface area contributed by atoms with E-state index in [2.05, 4.69) is 28.3 Å². The minimum Gasteiger partial charge on any atom is -0.304 e. The summed E-state index contributed by atoms with van der Waals surface area (Å²) in [4.78, 5) is 19.4. The first-order valence-corrected chi connectivity index (χ1v) is 3.10. The second kappa shape index (κ2) is 2.57. The molecule has 0 aliphatic rings. The maximum atomic E-state index is 10.7. The SMILES string of the molecule is C=Nc1[nH]c(=O)[nH]c1C(=C)C. The summed E-state index contributed by atoms with van der Waals surface area (Å²) >= 11 is 0. The molecular weight excluding hydrogens is 142 g/mol. The van der Waals surface area contributed by atoms with E-state index < -0.39 is 0 Å². The van der Waals surface area contributed by atoms with E-state index in [0.717, 1.165) is 5.57 Å². The molecule has 0 amide bonds. The van der Waals surface area contributed by atoms with Crippen molar-refractivity contribution < 1.29 is 0 Å². The third kappa shape index (κ3) is 1.29. The van der Waals surface area contributed by atoms with E-state index in [4.69, 9.17) is 0 Å². The molecule has 1 heterocycles. The first kappa shape index (κ1) is 7.53. The van der Waals surface area contributed by atoms with Gasteiger partial charge in [0.1, 0.15) is 0 Å². The number of H-pyrrole nitrogens is 2. The fourth-order valence-corrected chi connectivity index (χ4v) is 0.801. The Bertz CT molecular complexity index is 345. The molecule has 58 valence electrons. The molecule has 4 heteroatoms. The molecule has 0 bridgehead atoms. The first-order valence-electron chi connectivity index (χ1n) is 3.10. The van der Waals surface area contributed by atoms with Gasteiger partial charge >= 0.3 is 5.69 Å². The first-order chi connectivity index (χ1) is 5.15. The molecular formula is C7H9N3O. The summed E-state index contributed by atoms with van der Waals surface area (Å²) < 4.78 is 0. The van der Waals surface area contributed by atoms with Crippen molar-refractivity contribution in [3.8, 4) is 0 Å². The number of nitrogens with zero attached hydrogens (tertiary/aromatic N) is 1. The van der Waals surface area contributed by atoms with Crippen molar-refractivity contribution in [3.63, 3.8) is 0 Å². The van der Waals surface area contributed by atoms with E-state index in [1.54, 1.807) is 6.92 Å². The molecule has 0 fully saturated rings. The summed E-state index contributed by atoms with van der Waals surface area (Å²) in [6.45, 7) is 8.76. The maximum Gasteiger partial charge on any atom is 0.325 e. The van der Waals surface area contributed by atoms with Crippen molar-refractivity contribution in [2.45, 2.75) is 6.92 Å². The Morgan fingerprint density at radius 2 is 2.18 bits per heavy atom. The topological polar surface area (TPSA) is 61.0 Å². The zero-order valence-corrected chi connectivity index (χ0v) is 6.27. The van der Waals surface area contributed by atoms with Crippen LogP contribution in [0.25, 0.3) is 5.57 Å². The molecule has 0 radical (unpaired) electrons. The van der Waals surface area contributed by atoms with Crippen LogP contribution in [-0.2, 0) is 0 Å². The van der Waals surface area contributed by atoms with E-state index in [1.807, 2.05) is 0 Å². The lowest BCUT2D eigenvalue weighted by atomic mass is 10.2. The monoisotopic (exact) mass is 151 g/mol. The number of imidazole rings is 1. The Morgan fingerprint density at radius 1 is 1.55 bits per heavy atom. The summed E-state index contributed by atoms with van der Waals surface area (Å²) in [6, 6.07) is 0. The standard InChI is InChI=1S/C7H9N3O/c1-4(2)5-6(8-3)10-7(11)9-5/h1,3H2,2H3,(H2,9,10,11). The minimum absolute atomic E-state index is 0.287. The van der Waals surface area contributed by atoms with Crippen LogP contribution in [0, 0.1) is 0 Å². The third-order valence-electron chi connectivity index (χ3n) is 1.29. The molecule has 0 aliphatic heterocycles. The predicted octanol–water partition coefficient (Wildman–Crippen LogP) is 1.07. The third-order valence-corrected chi connectivity index (χ3v) is 1.29. The van der Waals surface area contributed by atoms with Crippen LogP contribution in [0.5, 0.6) is 0 Å². The number of nitrogens with one attached hydrogen (secondary N) is 2. The quantitative estimate of drug-likeness (QED) is 0.610. The fourth-order valence-electron chi connectivity index (χ4n) is 0.801. The van der Waals surface area contributed by atoms with Crippen molar-refractivity contribution in [1.82, 2.24) is 9.97 Å². The van der Waals surface area contributed by atoms with Crippen LogP contribution in [0.15, 0.2) is 16.4 Å². The number of aliphatic imine (C=N–C) groups is 1. The molecule has 0 saturated heterocycles. The summed E-state index contributed by atoms with van der Waals surface area (Å²) in [5, 5.41) is 0. The van der Waals surface area contributed by atoms with Crippen LogP contribution in [0.2, 0.25) is 0 Å². The largest absolute Gasteiger partial charge is 0.325 e. The van der Waals surface area contributed by atoms with Gasteiger partial charge in [-0.15, -0.1) is 0 Å². The number of hydrogen-bond donors (Lipinski definition) is 2. The Labute approximate surface area is 63.7 Å².